The monoisotopic (exact) mass is 259 g/mol. The molecule has 1 amide bonds. The number of carbonyl (C=O) groups excluding carboxylic acids is 1. The first-order chi connectivity index (χ1) is 9.24. The fraction of sp³-hybridized carbons (Fsp3) is 0.438. The Morgan fingerprint density at radius 3 is 2.53 bits per heavy atom. The molecule has 1 aliphatic rings. The quantitative estimate of drug-likeness (QED) is 0.777. The average molecular weight is 259 g/mol. The Balaban J connectivity index is 2.09. The maximum absolute atomic E-state index is 12.5. The van der Waals surface area contributed by atoms with Crippen molar-refractivity contribution in [3.05, 3.63) is 48.6 Å². The first-order valence-corrected chi connectivity index (χ1v) is 6.78. The normalized spacial score (nSPS) is 18.7. The van der Waals surface area contributed by atoms with Gasteiger partial charge in [-0.1, -0.05) is 43.3 Å². The van der Waals surface area contributed by atoms with E-state index < -0.39 is 0 Å². The van der Waals surface area contributed by atoms with Crippen LogP contribution in [0.3, 0.4) is 0 Å². The summed E-state index contributed by atoms with van der Waals surface area (Å²) in [5.41, 5.74) is 1.15. The van der Waals surface area contributed by atoms with Gasteiger partial charge in [-0.05, 0) is 5.56 Å². The molecule has 0 spiro atoms. The second-order valence-corrected chi connectivity index (χ2v) is 4.90. The number of allylic oxidation sites excluding steroid dienone is 1. The number of morpholine rings is 1. The molecule has 0 radical (unpaired) electrons. The molecule has 0 aromatic heterocycles. The number of ether oxygens (including phenoxy) is 1. The zero-order chi connectivity index (χ0) is 13.7. The molecule has 1 aliphatic heterocycles. The van der Waals surface area contributed by atoms with Crippen molar-refractivity contribution in [1.29, 1.82) is 0 Å². The second-order valence-electron chi connectivity index (χ2n) is 4.90. The Kier molecular flexibility index (Phi) is 4.74. The van der Waals surface area contributed by atoms with Crippen LogP contribution in [0.25, 0.3) is 0 Å². The molecule has 2 atom stereocenters. The minimum absolute atomic E-state index is 0.0662. The highest BCUT2D eigenvalue weighted by Gasteiger charge is 2.28. The van der Waals surface area contributed by atoms with E-state index >= 15 is 0 Å². The van der Waals surface area contributed by atoms with Crippen LogP contribution < -0.4 is 0 Å². The number of benzene rings is 1. The summed E-state index contributed by atoms with van der Waals surface area (Å²) >= 11 is 0. The van der Waals surface area contributed by atoms with Gasteiger partial charge in [0, 0.05) is 24.9 Å². The summed E-state index contributed by atoms with van der Waals surface area (Å²) in [4.78, 5) is 14.4. The fourth-order valence-electron chi connectivity index (χ4n) is 2.53. The van der Waals surface area contributed by atoms with Gasteiger partial charge in [0.15, 0.2) is 0 Å². The molecule has 102 valence electrons. The van der Waals surface area contributed by atoms with Gasteiger partial charge in [-0.3, -0.25) is 4.79 Å². The third-order valence-electron chi connectivity index (χ3n) is 3.69. The molecule has 1 fully saturated rings. The van der Waals surface area contributed by atoms with Gasteiger partial charge >= 0.3 is 0 Å². The zero-order valence-corrected chi connectivity index (χ0v) is 11.4. The van der Waals surface area contributed by atoms with E-state index in [0.717, 1.165) is 5.56 Å². The van der Waals surface area contributed by atoms with E-state index in [2.05, 4.69) is 18.7 Å². The predicted molar refractivity (Wildman–Crippen MR) is 75.9 cm³/mol. The van der Waals surface area contributed by atoms with Crippen LogP contribution in [-0.2, 0) is 9.53 Å². The van der Waals surface area contributed by atoms with Gasteiger partial charge in [0.1, 0.15) is 0 Å². The van der Waals surface area contributed by atoms with E-state index in [0.29, 0.717) is 26.3 Å². The summed E-state index contributed by atoms with van der Waals surface area (Å²) in [6, 6.07) is 10.1. The third-order valence-corrected chi connectivity index (χ3v) is 3.69. The van der Waals surface area contributed by atoms with Crippen LogP contribution in [0.4, 0.5) is 0 Å². The number of carbonyl (C=O) groups is 1. The lowest BCUT2D eigenvalue weighted by atomic mass is 9.86. The lowest BCUT2D eigenvalue weighted by Gasteiger charge is -2.31. The molecule has 0 aliphatic carbocycles. The number of amides is 1. The third kappa shape index (κ3) is 3.24. The Bertz CT molecular complexity index is 424. The highest BCUT2D eigenvalue weighted by atomic mass is 16.5. The maximum Gasteiger partial charge on any atom is 0.226 e. The number of nitrogens with zero attached hydrogens (tertiary/aromatic N) is 1. The van der Waals surface area contributed by atoms with Crippen molar-refractivity contribution in [3.8, 4) is 0 Å². The van der Waals surface area contributed by atoms with Gasteiger partial charge < -0.3 is 9.64 Å². The van der Waals surface area contributed by atoms with Crippen molar-refractivity contribution in [2.45, 2.75) is 12.8 Å². The van der Waals surface area contributed by atoms with Crippen molar-refractivity contribution < 1.29 is 9.53 Å². The number of hydrogen-bond donors (Lipinski definition) is 0. The molecule has 3 heteroatoms. The minimum atomic E-state index is -0.0852. The largest absolute Gasteiger partial charge is 0.378 e. The molecule has 3 nitrogen and oxygen atoms in total. The molecule has 0 saturated carbocycles. The van der Waals surface area contributed by atoms with Gasteiger partial charge in [-0.15, -0.1) is 6.58 Å². The fourth-order valence-corrected chi connectivity index (χ4v) is 2.53. The van der Waals surface area contributed by atoms with Crippen molar-refractivity contribution in [2.24, 2.45) is 5.92 Å². The Hall–Kier alpha value is -1.61. The van der Waals surface area contributed by atoms with E-state index in [-0.39, 0.29) is 17.7 Å². The van der Waals surface area contributed by atoms with E-state index in [9.17, 15) is 4.79 Å². The van der Waals surface area contributed by atoms with E-state index in [4.69, 9.17) is 4.74 Å². The molecule has 19 heavy (non-hydrogen) atoms. The van der Waals surface area contributed by atoms with Gasteiger partial charge in [0.2, 0.25) is 5.91 Å². The van der Waals surface area contributed by atoms with Crippen molar-refractivity contribution in [2.75, 3.05) is 26.3 Å². The van der Waals surface area contributed by atoms with E-state index in [1.807, 2.05) is 36.1 Å². The Morgan fingerprint density at radius 1 is 1.32 bits per heavy atom. The zero-order valence-electron chi connectivity index (χ0n) is 11.4. The van der Waals surface area contributed by atoms with Crippen LogP contribution in [0.15, 0.2) is 43.0 Å². The van der Waals surface area contributed by atoms with Crippen LogP contribution in [0.1, 0.15) is 18.4 Å². The lowest BCUT2D eigenvalue weighted by molar-refractivity contribution is -0.139. The topological polar surface area (TPSA) is 29.5 Å². The summed E-state index contributed by atoms with van der Waals surface area (Å²) in [6.07, 6.45) is 1.87. The molecule has 0 unspecified atom stereocenters. The maximum atomic E-state index is 12.5. The van der Waals surface area contributed by atoms with Gasteiger partial charge in [0.25, 0.3) is 0 Å². The summed E-state index contributed by atoms with van der Waals surface area (Å²) in [7, 11) is 0. The first-order valence-electron chi connectivity index (χ1n) is 6.78. The Labute approximate surface area is 114 Å². The molecule has 0 N–H and O–H groups in total. The molecule has 1 saturated heterocycles. The molecule has 1 aromatic carbocycles. The minimum Gasteiger partial charge on any atom is -0.378 e. The molecule has 2 rings (SSSR count). The molecule has 0 bridgehead atoms. The van der Waals surface area contributed by atoms with Crippen molar-refractivity contribution in [1.82, 2.24) is 4.90 Å². The van der Waals surface area contributed by atoms with Crippen LogP contribution >= 0.6 is 0 Å². The van der Waals surface area contributed by atoms with E-state index in [1.165, 1.54) is 0 Å². The molecule has 1 aromatic rings. The van der Waals surface area contributed by atoms with Crippen molar-refractivity contribution >= 4 is 5.91 Å². The summed E-state index contributed by atoms with van der Waals surface area (Å²) in [5, 5.41) is 0. The molecular formula is C16H21NO2. The highest BCUT2D eigenvalue weighted by Crippen LogP contribution is 2.27. The van der Waals surface area contributed by atoms with Gasteiger partial charge in [-0.25, -0.2) is 0 Å². The lowest BCUT2D eigenvalue weighted by Crippen LogP contribution is -2.44. The number of rotatable bonds is 4. The van der Waals surface area contributed by atoms with Crippen LogP contribution in [0, 0.1) is 5.92 Å². The van der Waals surface area contributed by atoms with Crippen molar-refractivity contribution in [3.63, 3.8) is 0 Å². The summed E-state index contributed by atoms with van der Waals surface area (Å²) in [5.74, 6) is 0.173. The Morgan fingerprint density at radius 2 is 1.95 bits per heavy atom. The van der Waals surface area contributed by atoms with Gasteiger partial charge in [-0.2, -0.15) is 0 Å². The standard InChI is InChI=1S/C16H21NO2/c1-3-15(14-7-5-4-6-8-14)13(2)16(18)17-9-11-19-12-10-17/h3-8,13,15H,1,9-12H2,2H3/t13-,15-/m1/s1. The first kappa shape index (κ1) is 13.8. The average Bonchev–Trinajstić information content (AvgIpc) is 2.49. The van der Waals surface area contributed by atoms with Crippen LogP contribution in [0.5, 0.6) is 0 Å². The highest BCUT2D eigenvalue weighted by molar-refractivity contribution is 5.80. The number of hydrogen-bond acceptors (Lipinski definition) is 2. The molecular weight excluding hydrogens is 238 g/mol. The SMILES string of the molecule is C=C[C@@H](c1ccccc1)[C@@H](C)C(=O)N1CCOCC1. The summed E-state index contributed by atoms with van der Waals surface area (Å²) in [6.45, 7) is 8.55. The second kappa shape index (κ2) is 6.53. The van der Waals surface area contributed by atoms with Gasteiger partial charge in [0.05, 0.1) is 13.2 Å². The van der Waals surface area contributed by atoms with Crippen LogP contribution in [0.2, 0.25) is 0 Å². The smallest absolute Gasteiger partial charge is 0.226 e. The molecule has 1 heterocycles. The van der Waals surface area contributed by atoms with Crippen LogP contribution in [-0.4, -0.2) is 37.1 Å². The van der Waals surface area contributed by atoms with E-state index in [1.54, 1.807) is 0 Å². The summed E-state index contributed by atoms with van der Waals surface area (Å²) < 4.78 is 5.29. The predicted octanol–water partition coefficient (Wildman–Crippen LogP) is 2.45.